The fourth-order valence-corrected chi connectivity index (χ4v) is 3.24. The van der Waals surface area contributed by atoms with E-state index >= 15 is 0 Å². The fraction of sp³-hybridized carbons (Fsp3) is 0.583. The first-order valence-electron chi connectivity index (χ1n) is 14.1. The Morgan fingerprint density at radius 1 is 0.500 bits per heavy atom. The molecule has 0 heteroatoms. The van der Waals surface area contributed by atoms with Crippen LogP contribution in [-0.2, 0) is 0 Å². The molecule has 0 rings (SSSR count). The molecule has 0 saturated heterocycles. The number of rotatable bonds is 14. The Morgan fingerprint density at radius 3 is 1.33 bits per heavy atom. The molecule has 0 N–H and O–H groups in total. The molecule has 0 aromatic rings. The van der Waals surface area contributed by atoms with Crippen LogP contribution in [0.5, 0.6) is 0 Å². The van der Waals surface area contributed by atoms with Gasteiger partial charge in [-0.25, -0.2) is 0 Å². The van der Waals surface area contributed by atoms with Crippen LogP contribution >= 0.6 is 0 Å². The summed E-state index contributed by atoms with van der Waals surface area (Å²) in [6.45, 7) is 26.2. The summed E-state index contributed by atoms with van der Waals surface area (Å²) in [6.07, 6.45) is 25.3. The summed E-state index contributed by atoms with van der Waals surface area (Å²) in [5.74, 6) is 0.598. The van der Waals surface area contributed by atoms with Gasteiger partial charge in [-0.05, 0) is 138 Å². The molecule has 0 radical (unpaired) electrons. The Kier molecular flexibility index (Phi) is 23.4. The van der Waals surface area contributed by atoms with Gasteiger partial charge in [0.2, 0.25) is 0 Å². The molecule has 0 spiro atoms. The first-order chi connectivity index (χ1) is 16.8. The molecule has 0 nitrogen and oxygen atoms in total. The maximum Gasteiger partial charge on any atom is -0.0212 e. The van der Waals surface area contributed by atoms with Gasteiger partial charge in [-0.15, -0.1) is 5.73 Å². The van der Waals surface area contributed by atoms with Crippen LogP contribution in [0.1, 0.15) is 134 Å². The van der Waals surface area contributed by atoms with E-state index in [0.717, 1.165) is 12.8 Å². The first kappa shape index (κ1) is 36.1. The van der Waals surface area contributed by atoms with E-state index in [0.29, 0.717) is 5.92 Å². The Morgan fingerprint density at radius 2 is 0.917 bits per heavy atom. The molecule has 36 heavy (non-hydrogen) atoms. The monoisotopic (exact) mass is 492 g/mol. The molecule has 0 aliphatic heterocycles. The van der Waals surface area contributed by atoms with Crippen LogP contribution in [0.4, 0.5) is 0 Å². The zero-order valence-corrected chi connectivity index (χ0v) is 26.3. The molecule has 0 saturated carbocycles. The highest BCUT2D eigenvalue weighted by molar-refractivity contribution is 5.15. The molecule has 0 aliphatic carbocycles. The summed E-state index contributed by atoms with van der Waals surface area (Å²) in [5.41, 5.74) is 13.4. The lowest BCUT2D eigenvalue weighted by molar-refractivity contribution is 0.830. The molecular weight excluding hydrogens is 432 g/mol. The van der Waals surface area contributed by atoms with E-state index < -0.39 is 0 Å². The summed E-state index contributed by atoms with van der Waals surface area (Å²) < 4.78 is 0. The second-order valence-electron chi connectivity index (χ2n) is 11.4. The first-order valence-corrected chi connectivity index (χ1v) is 14.1. The predicted octanol–water partition coefficient (Wildman–Crippen LogP) is 12.6. The molecule has 0 atom stereocenters. The van der Waals surface area contributed by atoms with Crippen molar-refractivity contribution in [2.75, 3.05) is 0 Å². The minimum atomic E-state index is 0.598. The predicted molar refractivity (Wildman–Crippen MR) is 169 cm³/mol. The lowest BCUT2D eigenvalue weighted by Gasteiger charge is -2.00. The number of hydrogen-bond donors (Lipinski definition) is 0. The average molecular weight is 493 g/mol. The van der Waals surface area contributed by atoms with Crippen molar-refractivity contribution in [2.24, 2.45) is 5.92 Å². The Balaban J connectivity index is 0. The van der Waals surface area contributed by atoms with Gasteiger partial charge in [0.1, 0.15) is 0 Å². The molecule has 0 aromatic carbocycles. The van der Waals surface area contributed by atoms with Gasteiger partial charge in [0, 0.05) is 0 Å². The van der Waals surface area contributed by atoms with Gasteiger partial charge in [0.25, 0.3) is 0 Å². The third kappa shape index (κ3) is 30.0. The van der Waals surface area contributed by atoms with Gasteiger partial charge in [-0.2, -0.15) is 0 Å². The Labute approximate surface area is 227 Å². The Bertz CT molecular complexity index is 824. The third-order valence-corrected chi connectivity index (χ3v) is 5.59. The van der Waals surface area contributed by atoms with Crippen LogP contribution in [0, 0.1) is 5.92 Å². The highest BCUT2D eigenvalue weighted by Crippen LogP contribution is 2.12. The van der Waals surface area contributed by atoms with Gasteiger partial charge in [-0.1, -0.05) is 83.7 Å². The zero-order chi connectivity index (χ0) is 27.9. The summed E-state index contributed by atoms with van der Waals surface area (Å²) in [4.78, 5) is 0. The molecule has 204 valence electrons. The summed E-state index contributed by atoms with van der Waals surface area (Å²) in [5, 5.41) is 0. The van der Waals surface area contributed by atoms with Crippen molar-refractivity contribution in [1.82, 2.24) is 0 Å². The van der Waals surface area contributed by atoms with Crippen molar-refractivity contribution < 1.29 is 0 Å². The van der Waals surface area contributed by atoms with Crippen molar-refractivity contribution in [1.29, 1.82) is 0 Å². The van der Waals surface area contributed by atoms with Gasteiger partial charge >= 0.3 is 0 Å². The van der Waals surface area contributed by atoms with Crippen molar-refractivity contribution in [3.05, 3.63) is 87.3 Å². The molecule has 0 bridgehead atoms. The van der Waals surface area contributed by atoms with E-state index in [2.05, 4.69) is 131 Å². The molecule has 0 aliphatic rings. The van der Waals surface area contributed by atoms with Crippen LogP contribution < -0.4 is 0 Å². The van der Waals surface area contributed by atoms with Crippen LogP contribution in [0.2, 0.25) is 0 Å². The second-order valence-corrected chi connectivity index (χ2v) is 11.4. The normalized spacial score (nSPS) is 11.8. The summed E-state index contributed by atoms with van der Waals surface area (Å²) in [7, 11) is 0. The quantitative estimate of drug-likeness (QED) is 0.128. The van der Waals surface area contributed by atoms with E-state index in [9.17, 15) is 0 Å². The van der Waals surface area contributed by atoms with E-state index in [1.165, 1.54) is 77.5 Å². The number of hydrogen-bond acceptors (Lipinski definition) is 0. The molecule has 0 fully saturated rings. The molecule has 0 aromatic heterocycles. The minimum absolute atomic E-state index is 0.598. The largest absolute Gasteiger partial charge is 0.126 e. The maximum absolute atomic E-state index is 3.37. The highest BCUT2D eigenvalue weighted by Gasteiger charge is 1.92. The van der Waals surface area contributed by atoms with Gasteiger partial charge in [0.05, 0.1) is 0 Å². The lowest BCUT2D eigenvalue weighted by atomic mass is 10.1. The standard InChI is InChI=1S/2C18H30/c2*1-15(2)9-7-10-17(5)11-8-12-18(6)14-13-16(3)4/h9,11,13,16H,7-8,10,12H2,1-6H3;9,11,13-14H,7-8,10,12H2,1-6H3/b17-11+;17-11+,18-14+. The van der Waals surface area contributed by atoms with E-state index in [1.807, 2.05) is 0 Å². The summed E-state index contributed by atoms with van der Waals surface area (Å²) in [6, 6.07) is 0. The van der Waals surface area contributed by atoms with Crippen LogP contribution in [0.25, 0.3) is 0 Å². The molecule has 0 amide bonds. The fourth-order valence-electron chi connectivity index (χ4n) is 3.24. The number of allylic oxidation sites excluding steroid dienone is 13. The van der Waals surface area contributed by atoms with Crippen molar-refractivity contribution in [2.45, 2.75) is 134 Å². The SMILES string of the molecule is CC(=C=CC(C)C)CC/C=C(\C)CCC=C(C)C.CC(C)=C/C=C(\C)CC/C=C(\C)CCC=C(C)C. The lowest BCUT2D eigenvalue weighted by Crippen LogP contribution is -1.80. The van der Waals surface area contributed by atoms with Crippen molar-refractivity contribution in [3.63, 3.8) is 0 Å². The third-order valence-electron chi connectivity index (χ3n) is 5.59. The van der Waals surface area contributed by atoms with Crippen LogP contribution in [-0.4, -0.2) is 0 Å². The van der Waals surface area contributed by atoms with Crippen molar-refractivity contribution in [3.8, 4) is 0 Å². The topological polar surface area (TPSA) is 0 Å². The van der Waals surface area contributed by atoms with Crippen LogP contribution in [0.15, 0.2) is 87.3 Å². The summed E-state index contributed by atoms with van der Waals surface area (Å²) >= 11 is 0. The zero-order valence-electron chi connectivity index (χ0n) is 26.3. The maximum atomic E-state index is 3.37. The smallest absolute Gasteiger partial charge is 0.0212 e. The van der Waals surface area contributed by atoms with Crippen LogP contribution in [0.3, 0.4) is 0 Å². The van der Waals surface area contributed by atoms with Gasteiger partial charge < -0.3 is 0 Å². The van der Waals surface area contributed by atoms with E-state index in [-0.39, 0.29) is 0 Å². The molecular formula is C36H60. The molecule has 0 heterocycles. The minimum Gasteiger partial charge on any atom is -0.126 e. The van der Waals surface area contributed by atoms with Gasteiger partial charge in [-0.3, -0.25) is 0 Å². The molecule has 0 unspecified atom stereocenters. The average Bonchev–Trinajstić information content (AvgIpc) is 2.76. The van der Waals surface area contributed by atoms with Crippen molar-refractivity contribution >= 4 is 0 Å². The van der Waals surface area contributed by atoms with E-state index in [4.69, 9.17) is 0 Å². The highest BCUT2D eigenvalue weighted by atomic mass is 14.0. The van der Waals surface area contributed by atoms with E-state index in [1.54, 1.807) is 0 Å². The Hall–Kier alpha value is -2.04. The van der Waals surface area contributed by atoms with Gasteiger partial charge in [0.15, 0.2) is 0 Å². The second kappa shape index (κ2) is 23.4.